The topological polar surface area (TPSA) is 99.1 Å². The standard InChI is InChI=1S/C26H20O7/c1-3-24(28)31-21-10-4-18(5-11-21)19-6-12-23(13-7-19)33-26(30)20-8-14-22(15-9-20)32-25(29)17(2)16-27/h3-15,27H,1-2,16H2. The molecule has 7 nitrogen and oxygen atoms in total. The Morgan fingerprint density at radius 2 is 1.18 bits per heavy atom. The number of carbonyl (C=O) groups excluding carboxylic acids is 3. The van der Waals surface area contributed by atoms with Crippen molar-refractivity contribution in [3.05, 3.63) is 103 Å². The number of aliphatic hydroxyl groups is 1. The summed E-state index contributed by atoms with van der Waals surface area (Å²) in [4.78, 5) is 35.2. The van der Waals surface area contributed by atoms with Crippen LogP contribution < -0.4 is 14.2 Å². The van der Waals surface area contributed by atoms with E-state index in [-0.39, 0.29) is 16.9 Å². The van der Waals surface area contributed by atoms with Gasteiger partial charge in [0.2, 0.25) is 0 Å². The highest BCUT2D eigenvalue weighted by molar-refractivity contribution is 5.92. The first kappa shape index (κ1) is 23.2. The zero-order chi connectivity index (χ0) is 23.8. The molecule has 0 aliphatic heterocycles. The van der Waals surface area contributed by atoms with Crippen LogP contribution in [0.5, 0.6) is 17.2 Å². The molecular weight excluding hydrogens is 424 g/mol. The Bertz CT molecular complexity index is 1170. The SMILES string of the molecule is C=CC(=O)Oc1ccc(-c2ccc(OC(=O)c3ccc(OC(=O)C(=C)CO)cc3)cc2)cc1. The van der Waals surface area contributed by atoms with Crippen LogP contribution in [0.4, 0.5) is 0 Å². The maximum atomic E-state index is 12.4. The Kier molecular flexibility index (Phi) is 7.51. The van der Waals surface area contributed by atoms with Gasteiger partial charge in [-0.05, 0) is 59.7 Å². The van der Waals surface area contributed by atoms with E-state index in [4.69, 9.17) is 19.3 Å². The highest BCUT2D eigenvalue weighted by atomic mass is 16.5. The van der Waals surface area contributed by atoms with E-state index in [0.29, 0.717) is 11.5 Å². The zero-order valence-electron chi connectivity index (χ0n) is 17.5. The van der Waals surface area contributed by atoms with Crippen molar-refractivity contribution in [1.82, 2.24) is 0 Å². The number of rotatable bonds is 8. The summed E-state index contributed by atoms with van der Waals surface area (Å²) in [7, 11) is 0. The molecule has 0 heterocycles. The lowest BCUT2D eigenvalue weighted by Gasteiger charge is -2.08. The summed E-state index contributed by atoms with van der Waals surface area (Å²) >= 11 is 0. The molecule has 1 N–H and O–H groups in total. The van der Waals surface area contributed by atoms with Gasteiger partial charge in [0.1, 0.15) is 17.2 Å². The van der Waals surface area contributed by atoms with E-state index < -0.39 is 24.5 Å². The molecule has 0 amide bonds. The zero-order valence-corrected chi connectivity index (χ0v) is 17.5. The second kappa shape index (κ2) is 10.7. The molecule has 0 unspecified atom stereocenters. The fourth-order valence-electron chi connectivity index (χ4n) is 2.66. The number of aliphatic hydroxyl groups excluding tert-OH is 1. The molecule has 7 heteroatoms. The van der Waals surface area contributed by atoms with Crippen molar-refractivity contribution in [2.75, 3.05) is 6.61 Å². The van der Waals surface area contributed by atoms with Crippen molar-refractivity contribution in [1.29, 1.82) is 0 Å². The molecule has 0 radical (unpaired) electrons. The van der Waals surface area contributed by atoms with Crippen LogP contribution in [0.25, 0.3) is 11.1 Å². The lowest BCUT2D eigenvalue weighted by Crippen LogP contribution is -2.13. The molecule has 3 rings (SSSR count). The van der Waals surface area contributed by atoms with Gasteiger partial charge in [-0.3, -0.25) is 0 Å². The summed E-state index contributed by atoms with van der Waals surface area (Å²) in [6.07, 6.45) is 1.09. The van der Waals surface area contributed by atoms with E-state index >= 15 is 0 Å². The number of esters is 3. The maximum Gasteiger partial charge on any atom is 0.343 e. The second-order valence-corrected chi connectivity index (χ2v) is 6.74. The van der Waals surface area contributed by atoms with Crippen LogP contribution in [-0.4, -0.2) is 29.6 Å². The molecule has 0 bridgehead atoms. The third kappa shape index (κ3) is 6.25. The largest absolute Gasteiger partial charge is 0.423 e. The Hall–Kier alpha value is -4.49. The minimum atomic E-state index is -0.750. The fraction of sp³-hybridized carbons (Fsp3) is 0.0385. The lowest BCUT2D eigenvalue weighted by atomic mass is 10.1. The Labute approximate surface area is 190 Å². The molecule has 0 aliphatic carbocycles. The van der Waals surface area contributed by atoms with Crippen LogP contribution in [0.15, 0.2) is 97.6 Å². The van der Waals surface area contributed by atoms with Crippen LogP contribution in [-0.2, 0) is 9.59 Å². The summed E-state index contributed by atoms with van der Waals surface area (Å²) in [5, 5.41) is 8.89. The number of hydrogen-bond acceptors (Lipinski definition) is 7. The maximum absolute atomic E-state index is 12.4. The van der Waals surface area contributed by atoms with Crippen LogP contribution in [0.1, 0.15) is 10.4 Å². The first-order valence-corrected chi connectivity index (χ1v) is 9.77. The van der Waals surface area contributed by atoms with E-state index in [9.17, 15) is 14.4 Å². The van der Waals surface area contributed by atoms with Gasteiger partial charge in [0.25, 0.3) is 0 Å². The molecule has 0 saturated carbocycles. The predicted molar refractivity (Wildman–Crippen MR) is 121 cm³/mol. The molecule has 0 aromatic heterocycles. The van der Waals surface area contributed by atoms with Crippen molar-refractivity contribution < 1.29 is 33.7 Å². The van der Waals surface area contributed by atoms with Gasteiger partial charge < -0.3 is 19.3 Å². The quantitative estimate of drug-likeness (QED) is 0.317. The minimum Gasteiger partial charge on any atom is -0.423 e. The van der Waals surface area contributed by atoms with Gasteiger partial charge in [0, 0.05) is 6.08 Å². The smallest absolute Gasteiger partial charge is 0.343 e. The van der Waals surface area contributed by atoms with Gasteiger partial charge in [-0.1, -0.05) is 37.4 Å². The monoisotopic (exact) mass is 444 g/mol. The molecule has 166 valence electrons. The molecule has 3 aromatic rings. The van der Waals surface area contributed by atoms with Gasteiger partial charge >= 0.3 is 17.9 Å². The average Bonchev–Trinajstić information content (AvgIpc) is 2.84. The normalized spacial score (nSPS) is 10.1. The highest BCUT2D eigenvalue weighted by Crippen LogP contribution is 2.25. The third-order valence-corrected chi connectivity index (χ3v) is 4.42. The Morgan fingerprint density at radius 3 is 1.67 bits per heavy atom. The molecular formula is C26H20O7. The summed E-state index contributed by atoms with van der Waals surface area (Å²) < 4.78 is 15.5. The van der Waals surface area contributed by atoms with Crippen molar-refractivity contribution in [3.8, 4) is 28.4 Å². The van der Waals surface area contributed by atoms with E-state index in [1.54, 1.807) is 48.5 Å². The van der Waals surface area contributed by atoms with Gasteiger partial charge in [0.05, 0.1) is 17.7 Å². The molecule has 0 spiro atoms. The molecule has 0 aliphatic rings. The Morgan fingerprint density at radius 1 is 0.727 bits per heavy atom. The molecule has 0 fully saturated rings. The number of carbonyl (C=O) groups is 3. The van der Waals surface area contributed by atoms with Crippen LogP contribution in [0.2, 0.25) is 0 Å². The van der Waals surface area contributed by atoms with Gasteiger partial charge in [-0.15, -0.1) is 0 Å². The first-order chi connectivity index (χ1) is 15.9. The Balaban J connectivity index is 1.61. The van der Waals surface area contributed by atoms with Gasteiger partial charge in [-0.2, -0.15) is 0 Å². The van der Waals surface area contributed by atoms with Gasteiger partial charge in [-0.25, -0.2) is 14.4 Å². The molecule has 33 heavy (non-hydrogen) atoms. The van der Waals surface area contributed by atoms with Crippen LogP contribution in [0.3, 0.4) is 0 Å². The van der Waals surface area contributed by atoms with Crippen molar-refractivity contribution >= 4 is 17.9 Å². The van der Waals surface area contributed by atoms with E-state index in [2.05, 4.69) is 13.2 Å². The van der Waals surface area contributed by atoms with Gasteiger partial charge in [0.15, 0.2) is 0 Å². The average molecular weight is 444 g/mol. The van der Waals surface area contributed by atoms with Crippen molar-refractivity contribution in [2.45, 2.75) is 0 Å². The predicted octanol–water partition coefficient (Wildman–Crippen LogP) is 4.12. The number of hydrogen-bond donors (Lipinski definition) is 1. The van der Waals surface area contributed by atoms with Crippen LogP contribution in [0, 0.1) is 0 Å². The van der Waals surface area contributed by atoms with E-state index in [1.807, 2.05) is 0 Å². The van der Waals surface area contributed by atoms with Crippen molar-refractivity contribution in [3.63, 3.8) is 0 Å². The number of ether oxygens (including phenoxy) is 3. The summed E-state index contributed by atoms with van der Waals surface area (Å²) in [6, 6.07) is 19.7. The first-order valence-electron chi connectivity index (χ1n) is 9.77. The number of benzene rings is 3. The van der Waals surface area contributed by atoms with E-state index in [1.165, 1.54) is 24.3 Å². The summed E-state index contributed by atoms with van der Waals surface area (Å²) in [5.41, 5.74) is 1.96. The second-order valence-electron chi connectivity index (χ2n) is 6.74. The fourth-order valence-corrected chi connectivity index (χ4v) is 2.66. The molecule has 0 atom stereocenters. The summed E-state index contributed by atoms with van der Waals surface area (Å²) in [6.45, 7) is 6.24. The molecule has 3 aromatic carbocycles. The minimum absolute atomic E-state index is 0.0750. The van der Waals surface area contributed by atoms with Crippen molar-refractivity contribution in [2.24, 2.45) is 0 Å². The third-order valence-electron chi connectivity index (χ3n) is 4.42. The lowest BCUT2D eigenvalue weighted by molar-refractivity contribution is -0.131. The van der Waals surface area contributed by atoms with E-state index in [0.717, 1.165) is 17.2 Å². The molecule has 0 saturated heterocycles. The summed E-state index contributed by atoms with van der Waals surface area (Å²) in [5.74, 6) is -0.879. The van der Waals surface area contributed by atoms with Crippen LogP contribution >= 0.6 is 0 Å². The highest BCUT2D eigenvalue weighted by Gasteiger charge is 2.12.